The minimum atomic E-state index is 0. The second-order valence-electron chi connectivity index (χ2n) is 14.7. The van der Waals surface area contributed by atoms with Crippen molar-refractivity contribution in [2.45, 2.75) is 66.2 Å². The van der Waals surface area contributed by atoms with E-state index >= 15 is 0 Å². The van der Waals surface area contributed by atoms with Gasteiger partial charge >= 0.3 is 0 Å². The Labute approximate surface area is 344 Å². The molecule has 0 saturated carbocycles. The summed E-state index contributed by atoms with van der Waals surface area (Å²) in [6, 6.07) is 58.4. The fraction of sp³-hybridized carbons (Fsp3) is 0.192. The van der Waals surface area contributed by atoms with E-state index in [2.05, 4.69) is 193 Å². The van der Waals surface area contributed by atoms with Gasteiger partial charge in [-0.2, -0.15) is 41.6 Å². The molecular weight excluding hydrogens is 831 g/mol. The zero-order valence-electron chi connectivity index (χ0n) is 32.5. The summed E-state index contributed by atoms with van der Waals surface area (Å²) in [6.07, 6.45) is 2.15. The van der Waals surface area contributed by atoms with E-state index in [1.54, 1.807) is 0 Å². The summed E-state index contributed by atoms with van der Waals surface area (Å²) in [7, 11) is 0.795. The van der Waals surface area contributed by atoms with Crippen LogP contribution in [0.25, 0.3) is 54.9 Å². The summed E-state index contributed by atoms with van der Waals surface area (Å²) in [6.45, 7) is 13.5. The van der Waals surface area contributed by atoms with Crippen molar-refractivity contribution in [1.29, 1.82) is 0 Å². The van der Waals surface area contributed by atoms with Gasteiger partial charge in [-0.1, -0.05) is 148 Å². The van der Waals surface area contributed by atoms with Gasteiger partial charge in [-0.15, -0.1) is 74.6 Å². The third-order valence-corrected chi connectivity index (χ3v) is 12.0. The molecule has 0 nitrogen and oxygen atoms in total. The quantitative estimate of drug-likeness (QED) is 0.115. The maximum absolute atomic E-state index is 3.31. The second kappa shape index (κ2) is 17.8. The fourth-order valence-corrected chi connectivity index (χ4v) is 8.87. The monoisotopic (exact) mass is 881 g/mol. The molecule has 8 aromatic carbocycles. The molecule has 2 heteroatoms. The van der Waals surface area contributed by atoms with Gasteiger partial charge < -0.3 is 0 Å². The van der Waals surface area contributed by atoms with Crippen LogP contribution in [0, 0.1) is 6.07 Å². The van der Waals surface area contributed by atoms with Gasteiger partial charge in [-0.25, -0.2) is 0 Å². The van der Waals surface area contributed by atoms with Crippen molar-refractivity contribution in [1.82, 2.24) is 0 Å². The SMILES string of the molecule is CCc1ccccc1-c1cccc2[cH-]c(C(C)C)cc12.CCc1ccccc1-c1cccc2[cH-]c(C(C)C)cc12.[Hf].[c-]1cccc2c1[Si]c1ccccc1-2. The van der Waals surface area contributed by atoms with Crippen LogP contribution in [0.4, 0.5) is 0 Å². The predicted octanol–water partition coefficient (Wildman–Crippen LogP) is 12.9. The van der Waals surface area contributed by atoms with Gasteiger partial charge in [-0.05, 0) is 46.9 Å². The van der Waals surface area contributed by atoms with Crippen LogP contribution in [-0.2, 0) is 38.7 Å². The van der Waals surface area contributed by atoms with Gasteiger partial charge in [0.05, 0.1) is 9.52 Å². The molecule has 0 spiro atoms. The molecule has 268 valence electrons. The van der Waals surface area contributed by atoms with Gasteiger partial charge in [0.1, 0.15) is 0 Å². The Hall–Kier alpha value is -4.37. The van der Waals surface area contributed by atoms with Gasteiger partial charge in [0.15, 0.2) is 0 Å². The summed E-state index contributed by atoms with van der Waals surface area (Å²) >= 11 is 0. The molecule has 0 amide bonds. The number of rotatable bonds is 6. The van der Waals surface area contributed by atoms with Gasteiger partial charge in [0.25, 0.3) is 0 Å². The van der Waals surface area contributed by atoms with Crippen LogP contribution in [0.2, 0.25) is 0 Å². The average molecular weight is 881 g/mol. The molecule has 0 aromatic heterocycles. The van der Waals surface area contributed by atoms with E-state index in [-0.39, 0.29) is 25.8 Å². The molecule has 0 N–H and O–H groups in total. The van der Waals surface area contributed by atoms with E-state index in [0.717, 1.165) is 22.4 Å². The first-order chi connectivity index (χ1) is 25.9. The Bertz CT molecular complexity index is 2300. The summed E-state index contributed by atoms with van der Waals surface area (Å²) in [5.41, 5.74) is 14.0. The molecule has 8 aromatic rings. The Morgan fingerprint density at radius 2 is 0.944 bits per heavy atom. The van der Waals surface area contributed by atoms with Gasteiger partial charge in [0, 0.05) is 25.8 Å². The maximum Gasteiger partial charge on any atom is 0.0920 e. The Morgan fingerprint density at radius 3 is 1.44 bits per heavy atom. The molecule has 0 fully saturated rings. The first kappa shape index (κ1) is 39.3. The molecule has 1 heterocycles. The van der Waals surface area contributed by atoms with Crippen molar-refractivity contribution in [3.63, 3.8) is 0 Å². The van der Waals surface area contributed by atoms with Crippen LogP contribution in [0.5, 0.6) is 0 Å². The second-order valence-corrected chi connectivity index (χ2v) is 15.9. The van der Waals surface area contributed by atoms with Gasteiger partial charge in [-0.3, -0.25) is 0 Å². The zero-order chi connectivity index (χ0) is 36.9. The van der Waals surface area contributed by atoms with E-state index in [9.17, 15) is 0 Å². The largest absolute Gasteiger partial charge is 0.184 e. The smallest absolute Gasteiger partial charge is 0.0920 e. The molecule has 0 saturated heterocycles. The average Bonchev–Trinajstić information content (AvgIpc) is 3.94. The van der Waals surface area contributed by atoms with Gasteiger partial charge in [0.2, 0.25) is 0 Å². The van der Waals surface area contributed by atoms with E-state index in [4.69, 9.17) is 0 Å². The topological polar surface area (TPSA) is 0 Å². The maximum atomic E-state index is 3.31. The third kappa shape index (κ3) is 8.31. The first-order valence-corrected chi connectivity index (χ1v) is 20.3. The van der Waals surface area contributed by atoms with Crippen molar-refractivity contribution >= 4 is 41.4 Å². The number of hydrogen-bond acceptors (Lipinski definition) is 0. The van der Waals surface area contributed by atoms with E-state index in [1.807, 2.05) is 6.07 Å². The zero-order valence-corrected chi connectivity index (χ0v) is 37.1. The van der Waals surface area contributed by atoms with Crippen LogP contribution >= 0.6 is 0 Å². The standard InChI is InChI=1S/2C20H21.C12H7Si.Hf/c2*1-4-15-8-5-6-10-18(15)19-11-7-9-16-12-17(14(2)3)13-20(16)19;1-3-7-11-9(5-1)10-6-2-4-8-12(10)13-11;/h2*5-14H,4H2,1-3H3;1-7H;/q3*-1;. The molecule has 2 radical (unpaired) electrons. The molecule has 0 atom stereocenters. The third-order valence-electron chi connectivity index (χ3n) is 10.6. The number of fused-ring (bicyclic) bond motifs is 5. The molecule has 1 aliphatic heterocycles. The van der Waals surface area contributed by atoms with E-state index in [1.165, 1.54) is 87.6 Å². The molecule has 9 rings (SSSR count). The molecule has 1 aliphatic rings. The Balaban J connectivity index is 0.000000140. The molecule has 0 aliphatic carbocycles. The first-order valence-electron chi connectivity index (χ1n) is 19.3. The minimum absolute atomic E-state index is 0. The van der Waals surface area contributed by atoms with Crippen molar-refractivity contribution in [3.8, 4) is 33.4 Å². The van der Waals surface area contributed by atoms with Crippen LogP contribution < -0.4 is 10.4 Å². The van der Waals surface area contributed by atoms with Crippen molar-refractivity contribution < 1.29 is 25.8 Å². The summed E-state index contributed by atoms with van der Waals surface area (Å²) in [5, 5.41) is 8.31. The van der Waals surface area contributed by atoms with E-state index in [0.29, 0.717) is 11.8 Å². The molecule has 54 heavy (non-hydrogen) atoms. The number of benzene rings is 6. The minimum Gasteiger partial charge on any atom is -0.184 e. The predicted molar refractivity (Wildman–Crippen MR) is 233 cm³/mol. The van der Waals surface area contributed by atoms with Crippen LogP contribution in [0.15, 0.2) is 152 Å². The summed E-state index contributed by atoms with van der Waals surface area (Å²) in [5.74, 6) is 1.16. The van der Waals surface area contributed by atoms with E-state index < -0.39 is 0 Å². The molecule has 0 bridgehead atoms. The van der Waals surface area contributed by atoms with Crippen molar-refractivity contribution in [2.24, 2.45) is 0 Å². The van der Waals surface area contributed by atoms with Crippen LogP contribution in [-0.4, -0.2) is 9.52 Å². The molecule has 0 unspecified atom stereocenters. The van der Waals surface area contributed by atoms with Crippen molar-refractivity contribution in [3.05, 3.63) is 180 Å². The number of hydrogen-bond donors (Lipinski definition) is 0. The summed E-state index contributed by atoms with van der Waals surface area (Å²) in [4.78, 5) is 0. The van der Waals surface area contributed by atoms with Crippen LogP contribution in [0.3, 0.4) is 0 Å². The van der Waals surface area contributed by atoms with Crippen LogP contribution in [0.1, 0.15) is 75.6 Å². The number of aryl methyl sites for hydroxylation is 2. The molecular formula is C52H49HfSi-3. The van der Waals surface area contributed by atoms with Crippen molar-refractivity contribution in [2.75, 3.05) is 0 Å². The summed E-state index contributed by atoms with van der Waals surface area (Å²) < 4.78 is 0. The fourth-order valence-electron chi connectivity index (χ4n) is 7.56. The Morgan fingerprint density at radius 1 is 0.500 bits per heavy atom. The Kier molecular flexibility index (Phi) is 13.0. The normalized spacial score (nSPS) is 11.4.